The van der Waals surface area contributed by atoms with Gasteiger partial charge in [0.15, 0.2) is 0 Å². The van der Waals surface area contributed by atoms with Gasteiger partial charge in [-0.05, 0) is 37.8 Å². The summed E-state index contributed by atoms with van der Waals surface area (Å²) in [5, 5.41) is 0. The van der Waals surface area contributed by atoms with Crippen molar-refractivity contribution in [3.8, 4) is 11.5 Å². The lowest BCUT2D eigenvalue weighted by molar-refractivity contribution is 0.273. The molecule has 16 heavy (non-hydrogen) atoms. The van der Waals surface area contributed by atoms with Gasteiger partial charge in [0.1, 0.15) is 18.1 Å². The molecule has 1 saturated carbocycles. The van der Waals surface area contributed by atoms with Crippen LogP contribution >= 0.6 is 0 Å². The molecule has 0 amide bonds. The standard InChI is InChI=1S/C13H19NO2/c1-2-15-11-4-3-5-12(8-11)16-9-13(14)10-6-7-10/h3-5,8,10,13H,2,6-7,9,14H2,1H3/t13-/m1/s1. The molecular formula is C13H19NO2. The number of ether oxygens (including phenoxy) is 2. The molecule has 2 rings (SSSR count). The molecule has 3 heteroatoms. The fraction of sp³-hybridized carbons (Fsp3) is 0.538. The molecule has 1 fully saturated rings. The molecule has 1 aliphatic rings. The second-order valence-electron chi connectivity index (χ2n) is 4.22. The maximum Gasteiger partial charge on any atom is 0.123 e. The van der Waals surface area contributed by atoms with Crippen LogP contribution in [0.3, 0.4) is 0 Å². The summed E-state index contributed by atoms with van der Waals surface area (Å²) in [5.41, 5.74) is 5.97. The summed E-state index contributed by atoms with van der Waals surface area (Å²) >= 11 is 0. The van der Waals surface area contributed by atoms with Crippen molar-refractivity contribution in [1.82, 2.24) is 0 Å². The van der Waals surface area contributed by atoms with Crippen molar-refractivity contribution < 1.29 is 9.47 Å². The first kappa shape index (κ1) is 11.3. The molecule has 0 aliphatic heterocycles. The van der Waals surface area contributed by atoms with Crippen LogP contribution < -0.4 is 15.2 Å². The van der Waals surface area contributed by atoms with E-state index in [1.165, 1.54) is 12.8 Å². The Balaban J connectivity index is 1.85. The van der Waals surface area contributed by atoms with Crippen LogP contribution in [-0.4, -0.2) is 19.3 Å². The lowest BCUT2D eigenvalue weighted by atomic mass is 10.2. The molecule has 3 nitrogen and oxygen atoms in total. The molecular weight excluding hydrogens is 202 g/mol. The molecule has 0 unspecified atom stereocenters. The monoisotopic (exact) mass is 221 g/mol. The van der Waals surface area contributed by atoms with E-state index < -0.39 is 0 Å². The van der Waals surface area contributed by atoms with Crippen LogP contribution in [-0.2, 0) is 0 Å². The summed E-state index contributed by atoms with van der Waals surface area (Å²) < 4.78 is 11.1. The van der Waals surface area contributed by atoms with Crippen molar-refractivity contribution in [2.24, 2.45) is 11.7 Å². The zero-order chi connectivity index (χ0) is 11.4. The summed E-state index contributed by atoms with van der Waals surface area (Å²) in [4.78, 5) is 0. The summed E-state index contributed by atoms with van der Waals surface area (Å²) in [6.07, 6.45) is 2.51. The van der Waals surface area contributed by atoms with Crippen LogP contribution in [0.5, 0.6) is 11.5 Å². The van der Waals surface area contributed by atoms with Crippen molar-refractivity contribution in [3.05, 3.63) is 24.3 Å². The molecule has 0 aromatic heterocycles. The molecule has 0 radical (unpaired) electrons. The van der Waals surface area contributed by atoms with Gasteiger partial charge in [-0.2, -0.15) is 0 Å². The Kier molecular flexibility index (Phi) is 3.67. The largest absolute Gasteiger partial charge is 0.494 e. The molecule has 1 aromatic rings. The van der Waals surface area contributed by atoms with E-state index in [4.69, 9.17) is 15.2 Å². The van der Waals surface area contributed by atoms with Gasteiger partial charge in [-0.1, -0.05) is 6.07 Å². The quantitative estimate of drug-likeness (QED) is 0.801. The van der Waals surface area contributed by atoms with Crippen molar-refractivity contribution >= 4 is 0 Å². The maximum absolute atomic E-state index is 5.97. The van der Waals surface area contributed by atoms with Crippen LogP contribution in [0.4, 0.5) is 0 Å². The fourth-order valence-corrected chi connectivity index (χ4v) is 1.67. The Morgan fingerprint density at radius 2 is 2.00 bits per heavy atom. The van der Waals surface area contributed by atoms with Crippen LogP contribution in [0.25, 0.3) is 0 Å². The second kappa shape index (κ2) is 5.21. The first-order valence-corrected chi connectivity index (χ1v) is 5.91. The van der Waals surface area contributed by atoms with Gasteiger partial charge in [-0.25, -0.2) is 0 Å². The lowest BCUT2D eigenvalue weighted by Gasteiger charge is -2.12. The van der Waals surface area contributed by atoms with E-state index in [2.05, 4.69) is 0 Å². The fourth-order valence-electron chi connectivity index (χ4n) is 1.67. The molecule has 2 N–H and O–H groups in total. The predicted octanol–water partition coefficient (Wildman–Crippen LogP) is 2.20. The SMILES string of the molecule is CCOc1cccc(OC[C@@H](N)C2CC2)c1. The van der Waals surface area contributed by atoms with Gasteiger partial charge in [-0.3, -0.25) is 0 Å². The minimum absolute atomic E-state index is 0.177. The highest BCUT2D eigenvalue weighted by atomic mass is 16.5. The Labute approximate surface area is 96.5 Å². The lowest BCUT2D eigenvalue weighted by Crippen LogP contribution is -2.29. The smallest absolute Gasteiger partial charge is 0.123 e. The third-order valence-corrected chi connectivity index (χ3v) is 2.79. The van der Waals surface area contributed by atoms with E-state index >= 15 is 0 Å². The molecule has 0 saturated heterocycles. The molecule has 0 heterocycles. The van der Waals surface area contributed by atoms with Gasteiger partial charge in [0.2, 0.25) is 0 Å². The maximum atomic E-state index is 5.97. The summed E-state index contributed by atoms with van der Waals surface area (Å²) in [6.45, 7) is 3.24. The van der Waals surface area contributed by atoms with E-state index in [1.54, 1.807) is 0 Å². The molecule has 88 valence electrons. The number of hydrogen-bond acceptors (Lipinski definition) is 3. The van der Waals surface area contributed by atoms with Gasteiger partial charge < -0.3 is 15.2 Å². The van der Waals surface area contributed by atoms with Gasteiger partial charge in [0.25, 0.3) is 0 Å². The Bertz CT molecular complexity index is 336. The second-order valence-corrected chi connectivity index (χ2v) is 4.22. The summed E-state index contributed by atoms with van der Waals surface area (Å²) in [5.74, 6) is 2.36. The van der Waals surface area contributed by atoms with Gasteiger partial charge >= 0.3 is 0 Å². The van der Waals surface area contributed by atoms with E-state index in [9.17, 15) is 0 Å². The first-order chi connectivity index (χ1) is 7.79. The van der Waals surface area contributed by atoms with Crippen LogP contribution in [0, 0.1) is 5.92 Å². The van der Waals surface area contributed by atoms with Crippen LogP contribution in [0.2, 0.25) is 0 Å². The van der Waals surface area contributed by atoms with Crippen molar-refractivity contribution in [2.45, 2.75) is 25.8 Å². The average Bonchev–Trinajstić information content (AvgIpc) is 3.11. The third kappa shape index (κ3) is 3.14. The highest BCUT2D eigenvalue weighted by molar-refractivity contribution is 5.32. The molecule has 0 spiro atoms. The van der Waals surface area contributed by atoms with E-state index in [0.717, 1.165) is 11.5 Å². The zero-order valence-electron chi connectivity index (χ0n) is 9.69. The Hall–Kier alpha value is -1.22. The number of rotatable bonds is 6. The van der Waals surface area contributed by atoms with Crippen LogP contribution in [0.15, 0.2) is 24.3 Å². The van der Waals surface area contributed by atoms with Crippen molar-refractivity contribution in [3.63, 3.8) is 0 Å². The Morgan fingerprint density at radius 3 is 2.62 bits per heavy atom. The number of benzene rings is 1. The first-order valence-electron chi connectivity index (χ1n) is 5.91. The highest BCUT2D eigenvalue weighted by Gasteiger charge is 2.28. The molecule has 0 bridgehead atoms. The average molecular weight is 221 g/mol. The van der Waals surface area contributed by atoms with Crippen molar-refractivity contribution in [2.75, 3.05) is 13.2 Å². The van der Waals surface area contributed by atoms with Crippen LogP contribution in [0.1, 0.15) is 19.8 Å². The predicted molar refractivity (Wildman–Crippen MR) is 63.8 cm³/mol. The molecule has 1 aromatic carbocycles. The normalized spacial score (nSPS) is 16.9. The topological polar surface area (TPSA) is 44.5 Å². The number of hydrogen-bond donors (Lipinski definition) is 1. The summed E-state index contributed by atoms with van der Waals surface area (Å²) in [7, 11) is 0. The van der Waals surface area contributed by atoms with Crippen molar-refractivity contribution in [1.29, 1.82) is 0 Å². The number of nitrogens with two attached hydrogens (primary N) is 1. The minimum atomic E-state index is 0.177. The molecule has 1 atom stereocenters. The van der Waals surface area contributed by atoms with E-state index in [0.29, 0.717) is 19.1 Å². The van der Waals surface area contributed by atoms with E-state index in [-0.39, 0.29) is 6.04 Å². The minimum Gasteiger partial charge on any atom is -0.494 e. The Morgan fingerprint density at radius 1 is 1.31 bits per heavy atom. The zero-order valence-corrected chi connectivity index (χ0v) is 9.69. The van der Waals surface area contributed by atoms with Gasteiger partial charge in [-0.15, -0.1) is 0 Å². The van der Waals surface area contributed by atoms with Gasteiger partial charge in [0, 0.05) is 12.1 Å². The van der Waals surface area contributed by atoms with E-state index in [1.807, 2.05) is 31.2 Å². The summed E-state index contributed by atoms with van der Waals surface area (Å²) in [6, 6.07) is 7.88. The van der Waals surface area contributed by atoms with Gasteiger partial charge in [0.05, 0.1) is 6.61 Å². The third-order valence-electron chi connectivity index (χ3n) is 2.79. The highest BCUT2D eigenvalue weighted by Crippen LogP contribution is 2.31. The molecule has 1 aliphatic carbocycles.